The monoisotopic (exact) mass is 220 g/mol. The molecule has 1 atom stereocenters. The van der Waals surface area contributed by atoms with Crippen molar-refractivity contribution in [3.8, 4) is 0 Å². The van der Waals surface area contributed by atoms with E-state index in [4.69, 9.17) is 10.2 Å². The van der Waals surface area contributed by atoms with Crippen LogP contribution in [0.2, 0.25) is 0 Å². The summed E-state index contributed by atoms with van der Waals surface area (Å²) in [4.78, 5) is 4.23. The van der Waals surface area contributed by atoms with E-state index < -0.39 is 0 Å². The fourth-order valence-corrected chi connectivity index (χ4v) is 1.65. The Morgan fingerprint density at radius 3 is 2.94 bits per heavy atom. The van der Waals surface area contributed by atoms with Crippen LogP contribution >= 0.6 is 0 Å². The summed E-state index contributed by atoms with van der Waals surface area (Å²) < 4.78 is 6.90. The molecule has 2 rings (SSSR count). The molecule has 0 spiro atoms. The molecular weight excluding hydrogens is 204 g/mol. The molecule has 16 heavy (non-hydrogen) atoms. The van der Waals surface area contributed by atoms with Crippen molar-refractivity contribution in [3.63, 3.8) is 0 Å². The quantitative estimate of drug-likeness (QED) is 0.851. The molecule has 2 aromatic rings. The molecule has 2 heterocycles. The Bertz CT molecular complexity index is 433. The van der Waals surface area contributed by atoms with E-state index in [1.165, 1.54) is 0 Å². The highest BCUT2D eigenvalue weighted by Gasteiger charge is 2.14. The van der Waals surface area contributed by atoms with Gasteiger partial charge in [0.25, 0.3) is 0 Å². The molecular formula is C11H16N4O. The summed E-state index contributed by atoms with van der Waals surface area (Å²) in [6.45, 7) is 4.14. The van der Waals surface area contributed by atoms with Gasteiger partial charge in [0.1, 0.15) is 12.2 Å². The van der Waals surface area contributed by atoms with E-state index >= 15 is 0 Å². The first kappa shape index (κ1) is 10.9. The van der Waals surface area contributed by atoms with Crippen LogP contribution in [0, 0.1) is 0 Å². The zero-order valence-electron chi connectivity index (χ0n) is 9.50. The first-order chi connectivity index (χ1) is 7.68. The van der Waals surface area contributed by atoms with E-state index in [2.05, 4.69) is 23.9 Å². The van der Waals surface area contributed by atoms with Crippen molar-refractivity contribution in [3.05, 3.63) is 36.3 Å². The number of rotatable bonds is 4. The van der Waals surface area contributed by atoms with Gasteiger partial charge < -0.3 is 10.2 Å². The summed E-state index contributed by atoms with van der Waals surface area (Å²) in [5.41, 5.74) is 7.04. The summed E-state index contributed by atoms with van der Waals surface area (Å²) in [7, 11) is 0. The molecule has 1 unspecified atom stereocenters. The van der Waals surface area contributed by atoms with E-state index in [1.54, 1.807) is 18.9 Å². The van der Waals surface area contributed by atoms with Gasteiger partial charge in [0.2, 0.25) is 0 Å². The van der Waals surface area contributed by atoms with Gasteiger partial charge in [-0.15, -0.1) is 0 Å². The van der Waals surface area contributed by atoms with Crippen molar-refractivity contribution in [1.29, 1.82) is 0 Å². The lowest BCUT2D eigenvalue weighted by Gasteiger charge is -2.12. The lowest BCUT2D eigenvalue weighted by atomic mass is 10.1. The molecule has 0 fully saturated rings. The molecule has 2 aromatic heterocycles. The predicted octanol–water partition coefficient (Wildman–Crippen LogP) is 1.69. The molecule has 0 bridgehead atoms. The number of aromatic nitrogens is 3. The Labute approximate surface area is 94.3 Å². The maximum Gasteiger partial charge on any atom is 0.138 e. The zero-order chi connectivity index (χ0) is 11.5. The maximum absolute atomic E-state index is 6.06. The molecule has 0 saturated carbocycles. The average molecular weight is 220 g/mol. The number of nitrogens with zero attached hydrogens (tertiary/aromatic N) is 3. The molecule has 5 heteroatoms. The van der Waals surface area contributed by atoms with Crippen molar-refractivity contribution in [2.75, 3.05) is 0 Å². The van der Waals surface area contributed by atoms with Gasteiger partial charge in [0.15, 0.2) is 0 Å². The highest BCUT2D eigenvalue weighted by Crippen LogP contribution is 2.16. The van der Waals surface area contributed by atoms with Gasteiger partial charge in [0, 0.05) is 24.1 Å². The summed E-state index contributed by atoms with van der Waals surface area (Å²) in [5, 5.41) is 4.18. The van der Waals surface area contributed by atoms with Crippen molar-refractivity contribution >= 4 is 0 Å². The number of hydrogen-bond acceptors (Lipinski definition) is 4. The van der Waals surface area contributed by atoms with Crippen LogP contribution in [-0.4, -0.2) is 14.8 Å². The molecule has 0 aliphatic rings. The smallest absolute Gasteiger partial charge is 0.138 e. The minimum atomic E-state index is -0.0968. The first-order valence-electron chi connectivity index (χ1n) is 5.34. The SMILES string of the molecule is CC(C)n1ncnc1CC(N)c1ccoc1. The average Bonchev–Trinajstić information content (AvgIpc) is 2.86. The fraction of sp³-hybridized carbons (Fsp3) is 0.455. The van der Waals surface area contributed by atoms with Crippen molar-refractivity contribution in [2.45, 2.75) is 32.4 Å². The van der Waals surface area contributed by atoms with Gasteiger partial charge in [-0.2, -0.15) is 5.10 Å². The molecule has 2 N–H and O–H groups in total. The zero-order valence-corrected chi connectivity index (χ0v) is 9.50. The van der Waals surface area contributed by atoms with Gasteiger partial charge in [0.05, 0.1) is 12.5 Å². The fourth-order valence-electron chi connectivity index (χ4n) is 1.65. The van der Waals surface area contributed by atoms with Crippen LogP contribution in [0.3, 0.4) is 0 Å². The Morgan fingerprint density at radius 2 is 2.31 bits per heavy atom. The van der Waals surface area contributed by atoms with E-state index in [1.807, 2.05) is 10.7 Å². The summed E-state index contributed by atoms with van der Waals surface area (Å²) in [5.74, 6) is 0.906. The largest absolute Gasteiger partial charge is 0.472 e. The van der Waals surface area contributed by atoms with Crippen LogP contribution in [0.1, 0.15) is 37.3 Å². The Balaban J connectivity index is 2.12. The summed E-state index contributed by atoms with van der Waals surface area (Å²) in [6.07, 6.45) is 5.53. The van der Waals surface area contributed by atoms with Crippen molar-refractivity contribution < 1.29 is 4.42 Å². The number of hydrogen-bond donors (Lipinski definition) is 1. The molecule has 0 aliphatic carbocycles. The topological polar surface area (TPSA) is 69.9 Å². The second-order valence-corrected chi connectivity index (χ2v) is 4.08. The Hall–Kier alpha value is -1.62. The van der Waals surface area contributed by atoms with Crippen LogP contribution in [-0.2, 0) is 6.42 Å². The molecule has 0 aliphatic heterocycles. The second-order valence-electron chi connectivity index (χ2n) is 4.08. The third kappa shape index (κ3) is 2.14. The molecule has 86 valence electrons. The van der Waals surface area contributed by atoms with Crippen LogP contribution in [0.4, 0.5) is 0 Å². The van der Waals surface area contributed by atoms with E-state index in [9.17, 15) is 0 Å². The van der Waals surface area contributed by atoms with Crippen LogP contribution < -0.4 is 5.73 Å². The molecule has 5 nitrogen and oxygen atoms in total. The third-order valence-corrected chi connectivity index (χ3v) is 2.51. The van der Waals surface area contributed by atoms with Crippen LogP contribution in [0.5, 0.6) is 0 Å². The van der Waals surface area contributed by atoms with E-state index in [0.29, 0.717) is 12.5 Å². The normalized spacial score (nSPS) is 13.2. The molecule has 0 saturated heterocycles. The van der Waals surface area contributed by atoms with Crippen LogP contribution in [0.25, 0.3) is 0 Å². The molecule has 0 amide bonds. The lowest BCUT2D eigenvalue weighted by molar-refractivity contribution is 0.491. The van der Waals surface area contributed by atoms with Gasteiger partial charge >= 0.3 is 0 Å². The lowest BCUT2D eigenvalue weighted by Crippen LogP contribution is -2.17. The van der Waals surface area contributed by atoms with Crippen molar-refractivity contribution in [2.24, 2.45) is 5.73 Å². The van der Waals surface area contributed by atoms with Gasteiger partial charge in [-0.3, -0.25) is 0 Å². The molecule has 0 aromatic carbocycles. The predicted molar refractivity (Wildman–Crippen MR) is 59.7 cm³/mol. The summed E-state index contributed by atoms with van der Waals surface area (Å²) >= 11 is 0. The van der Waals surface area contributed by atoms with Crippen LogP contribution in [0.15, 0.2) is 29.3 Å². The standard InChI is InChI=1S/C11H16N4O/c1-8(2)15-11(13-7-14-15)5-10(12)9-3-4-16-6-9/h3-4,6-8,10H,5,12H2,1-2H3. The minimum Gasteiger partial charge on any atom is -0.472 e. The Kier molecular flexibility index (Phi) is 3.05. The van der Waals surface area contributed by atoms with Gasteiger partial charge in [-0.05, 0) is 19.9 Å². The third-order valence-electron chi connectivity index (χ3n) is 2.51. The van der Waals surface area contributed by atoms with E-state index in [-0.39, 0.29) is 6.04 Å². The molecule has 0 radical (unpaired) electrons. The highest BCUT2D eigenvalue weighted by molar-refractivity contribution is 5.12. The highest BCUT2D eigenvalue weighted by atomic mass is 16.3. The Morgan fingerprint density at radius 1 is 1.50 bits per heavy atom. The van der Waals surface area contributed by atoms with Crippen molar-refractivity contribution in [1.82, 2.24) is 14.8 Å². The van der Waals surface area contributed by atoms with Gasteiger partial charge in [-0.1, -0.05) is 0 Å². The number of nitrogens with two attached hydrogens (primary N) is 1. The number of furan rings is 1. The summed E-state index contributed by atoms with van der Waals surface area (Å²) in [6, 6.07) is 2.08. The first-order valence-corrected chi connectivity index (χ1v) is 5.34. The van der Waals surface area contributed by atoms with Gasteiger partial charge in [-0.25, -0.2) is 9.67 Å². The van der Waals surface area contributed by atoms with E-state index in [0.717, 1.165) is 11.4 Å². The maximum atomic E-state index is 6.06. The second kappa shape index (κ2) is 4.49. The minimum absolute atomic E-state index is 0.0968.